The molecule has 4 heteroatoms. The summed E-state index contributed by atoms with van der Waals surface area (Å²) in [6.07, 6.45) is 1.99. The highest BCUT2D eigenvalue weighted by molar-refractivity contribution is 5.53. The van der Waals surface area contributed by atoms with Gasteiger partial charge in [-0.1, -0.05) is 44.2 Å². The number of H-pyrrole nitrogens is 1. The van der Waals surface area contributed by atoms with E-state index in [9.17, 15) is 0 Å². The van der Waals surface area contributed by atoms with E-state index in [1.165, 1.54) is 0 Å². The zero-order chi connectivity index (χ0) is 13.7. The first-order valence-corrected chi connectivity index (χ1v) is 6.85. The molecule has 2 rings (SSSR count). The van der Waals surface area contributed by atoms with Gasteiger partial charge < -0.3 is 5.73 Å². The van der Waals surface area contributed by atoms with Gasteiger partial charge in [-0.05, 0) is 24.8 Å². The zero-order valence-corrected chi connectivity index (χ0v) is 11.6. The number of hydrogen-bond donors (Lipinski definition) is 2. The van der Waals surface area contributed by atoms with Crippen LogP contribution in [0.2, 0.25) is 0 Å². The molecule has 1 aromatic heterocycles. The number of rotatable bonds is 6. The molecule has 0 aliphatic heterocycles. The lowest BCUT2D eigenvalue weighted by Crippen LogP contribution is -2.19. The fourth-order valence-corrected chi connectivity index (χ4v) is 2.31. The Kier molecular flexibility index (Phi) is 4.68. The number of aromatic nitrogens is 3. The van der Waals surface area contributed by atoms with Crippen LogP contribution in [0, 0.1) is 11.8 Å². The summed E-state index contributed by atoms with van der Waals surface area (Å²) in [6.45, 7) is 5.14. The molecule has 0 saturated heterocycles. The molecule has 0 fully saturated rings. The van der Waals surface area contributed by atoms with Crippen LogP contribution >= 0.6 is 0 Å². The van der Waals surface area contributed by atoms with Crippen LogP contribution in [0.1, 0.15) is 26.1 Å². The number of aromatic amines is 1. The molecule has 4 nitrogen and oxygen atoms in total. The van der Waals surface area contributed by atoms with Crippen molar-refractivity contribution in [3.05, 3.63) is 36.2 Å². The lowest BCUT2D eigenvalue weighted by atomic mass is 9.94. The molecule has 102 valence electrons. The van der Waals surface area contributed by atoms with Crippen molar-refractivity contribution in [3.8, 4) is 11.4 Å². The van der Waals surface area contributed by atoms with Crippen molar-refractivity contribution in [3.63, 3.8) is 0 Å². The van der Waals surface area contributed by atoms with Crippen molar-refractivity contribution < 1.29 is 0 Å². The summed E-state index contributed by atoms with van der Waals surface area (Å²) in [6, 6.07) is 10.0. The maximum atomic E-state index is 5.82. The molecule has 1 aromatic carbocycles. The van der Waals surface area contributed by atoms with Crippen molar-refractivity contribution in [2.24, 2.45) is 17.6 Å². The fourth-order valence-electron chi connectivity index (χ4n) is 2.31. The largest absolute Gasteiger partial charge is 0.330 e. The Morgan fingerprint density at radius 3 is 2.58 bits per heavy atom. The summed E-state index contributed by atoms with van der Waals surface area (Å²) >= 11 is 0. The second-order valence-electron chi connectivity index (χ2n) is 5.41. The van der Waals surface area contributed by atoms with Crippen LogP contribution in [0.5, 0.6) is 0 Å². The highest BCUT2D eigenvalue weighted by atomic mass is 15.2. The van der Waals surface area contributed by atoms with Gasteiger partial charge in [0.25, 0.3) is 0 Å². The third-order valence-electron chi connectivity index (χ3n) is 3.18. The Balaban J connectivity index is 2.05. The predicted molar refractivity (Wildman–Crippen MR) is 77.5 cm³/mol. The third kappa shape index (κ3) is 3.89. The van der Waals surface area contributed by atoms with Crippen LogP contribution in [0.3, 0.4) is 0 Å². The molecular weight excluding hydrogens is 236 g/mol. The Hall–Kier alpha value is -1.68. The molecule has 1 atom stereocenters. The predicted octanol–water partition coefficient (Wildman–Crippen LogP) is 2.64. The summed E-state index contributed by atoms with van der Waals surface area (Å²) in [7, 11) is 0. The van der Waals surface area contributed by atoms with Gasteiger partial charge in [-0.15, -0.1) is 0 Å². The monoisotopic (exact) mass is 258 g/mol. The molecule has 0 amide bonds. The fraction of sp³-hybridized carbons (Fsp3) is 0.467. The molecule has 0 radical (unpaired) electrons. The van der Waals surface area contributed by atoms with Crippen molar-refractivity contribution in [2.45, 2.75) is 26.7 Å². The van der Waals surface area contributed by atoms with E-state index in [4.69, 9.17) is 5.73 Å². The first-order valence-electron chi connectivity index (χ1n) is 6.85. The summed E-state index contributed by atoms with van der Waals surface area (Å²) < 4.78 is 0. The Labute approximate surface area is 114 Å². The Morgan fingerprint density at radius 2 is 1.95 bits per heavy atom. The maximum absolute atomic E-state index is 5.82. The van der Waals surface area contributed by atoms with Crippen molar-refractivity contribution >= 4 is 0 Å². The van der Waals surface area contributed by atoms with E-state index in [-0.39, 0.29) is 0 Å². The average Bonchev–Trinajstić information content (AvgIpc) is 2.87. The molecule has 3 N–H and O–H groups in total. The lowest BCUT2D eigenvalue weighted by Gasteiger charge is -2.15. The number of nitrogens with two attached hydrogens (primary N) is 1. The van der Waals surface area contributed by atoms with Crippen LogP contribution in [0.25, 0.3) is 11.4 Å². The van der Waals surface area contributed by atoms with Crippen LogP contribution in [-0.4, -0.2) is 21.7 Å². The molecule has 0 spiro atoms. The van der Waals surface area contributed by atoms with Crippen molar-refractivity contribution in [1.82, 2.24) is 15.2 Å². The van der Waals surface area contributed by atoms with Gasteiger partial charge in [0.15, 0.2) is 5.82 Å². The molecule has 0 aliphatic carbocycles. The zero-order valence-electron chi connectivity index (χ0n) is 11.6. The van der Waals surface area contributed by atoms with Crippen molar-refractivity contribution in [1.29, 1.82) is 0 Å². The Bertz CT molecular complexity index is 490. The minimum absolute atomic E-state index is 0.469. The van der Waals surface area contributed by atoms with Gasteiger partial charge in [-0.3, -0.25) is 5.10 Å². The normalized spacial score (nSPS) is 12.8. The SMILES string of the molecule is CC(C)CC(CN)Cc1nc(-c2ccccc2)n[nH]1. The molecule has 1 unspecified atom stereocenters. The highest BCUT2D eigenvalue weighted by Crippen LogP contribution is 2.17. The summed E-state index contributed by atoms with van der Waals surface area (Å²) in [4.78, 5) is 4.55. The number of nitrogens with zero attached hydrogens (tertiary/aromatic N) is 2. The lowest BCUT2D eigenvalue weighted by molar-refractivity contribution is 0.409. The molecule has 2 aromatic rings. The summed E-state index contributed by atoms with van der Waals surface area (Å²) in [5, 5.41) is 7.30. The molecule has 0 bridgehead atoms. The van der Waals surface area contributed by atoms with Gasteiger partial charge in [0.1, 0.15) is 5.82 Å². The molecule has 19 heavy (non-hydrogen) atoms. The molecular formula is C15H22N4. The van der Waals surface area contributed by atoms with Gasteiger partial charge in [0.05, 0.1) is 0 Å². The topological polar surface area (TPSA) is 67.6 Å². The third-order valence-corrected chi connectivity index (χ3v) is 3.18. The second kappa shape index (κ2) is 6.48. The number of hydrogen-bond acceptors (Lipinski definition) is 3. The van der Waals surface area contributed by atoms with E-state index < -0.39 is 0 Å². The van der Waals surface area contributed by atoms with Crippen LogP contribution in [-0.2, 0) is 6.42 Å². The Morgan fingerprint density at radius 1 is 1.21 bits per heavy atom. The quantitative estimate of drug-likeness (QED) is 0.837. The minimum atomic E-state index is 0.469. The van der Waals surface area contributed by atoms with E-state index >= 15 is 0 Å². The van der Waals surface area contributed by atoms with Crippen LogP contribution in [0.15, 0.2) is 30.3 Å². The van der Waals surface area contributed by atoms with Gasteiger partial charge in [-0.25, -0.2) is 4.98 Å². The van der Waals surface area contributed by atoms with Crippen LogP contribution in [0.4, 0.5) is 0 Å². The summed E-state index contributed by atoms with van der Waals surface area (Å²) in [5.41, 5.74) is 6.86. The number of nitrogens with one attached hydrogen (secondary N) is 1. The van der Waals surface area contributed by atoms with Gasteiger partial charge in [0.2, 0.25) is 0 Å². The number of benzene rings is 1. The van der Waals surface area contributed by atoms with Gasteiger partial charge in [-0.2, -0.15) is 5.10 Å². The smallest absolute Gasteiger partial charge is 0.181 e. The molecule has 0 saturated carbocycles. The highest BCUT2D eigenvalue weighted by Gasteiger charge is 2.13. The first-order chi connectivity index (χ1) is 9.19. The van der Waals surface area contributed by atoms with E-state index in [0.717, 1.165) is 30.1 Å². The standard InChI is InChI=1S/C15H22N4/c1-11(2)8-12(10-16)9-14-17-15(19-18-14)13-6-4-3-5-7-13/h3-7,11-12H,8-10,16H2,1-2H3,(H,17,18,19). The van der Waals surface area contributed by atoms with E-state index in [1.54, 1.807) is 0 Å². The maximum Gasteiger partial charge on any atom is 0.181 e. The van der Waals surface area contributed by atoms with E-state index in [1.807, 2.05) is 30.3 Å². The van der Waals surface area contributed by atoms with Gasteiger partial charge in [0, 0.05) is 12.0 Å². The second-order valence-corrected chi connectivity index (χ2v) is 5.41. The van der Waals surface area contributed by atoms with E-state index in [0.29, 0.717) is 18.4 Å². The molecule has 1 heterocycles. The van der Waals surface area contributed by atoms with Crippen molar-refractivity contribution in [2.75, 3.05) is 6.54 Å². The first kappa shape index (κ1) is 13.7. The van der Waals surface area contributed by atoms with E-state index in [2.05, 4.69) is 29.0 Å². The minimum Gasteiger partial charge on any atom is -0.330 e. The summed E-state index contributed by atoms with van der Waals surface area (Å²) in [5.74, 6) is 2.81. The molecule has 0 aliphatic rings. The average molecular weight is 258 g/mol. The van der Waals surface area contributed by atoms with Crippen LogP contribution < -0.4 is 5.73 Å². The van der Waals surface area contributed by atoms with Gasteiger partial charge >= 0.3 is 0 Å².